The van der Waals surface area contributed by atoms with Crippen molar-refractivity contribution < 1.29 is 19.7 Å². The lowest BCUT2D eigenvalue weighted by Gasteiger charge is -2.07. The third kappa shape index (κ3) is 1.81. The molecule has 0 bridgehead atoms. The number of methoxy groups -OCH3 is 1. The van der Waals surface area contributed by atoms with Crippen molar-refractivity contribution >= 4 is 12.1 Å². The topological polar surface area (TPSA) is 78.8 Å². The van der Waals surface area contributed by atoms with E-state index >= 15 is 0 Å². The highest BCUT2D eigenvalue weighted by Crippen LogP contribution is 2.36. The zero-order valence-electron chi connectivity index (χ0n) is 6.94. The lowest BCUT2D eigenvalue weighted by atomic mass is 10.2. The molecule has 0 unspecified atom stereocenters. The molecule has 0 aliphatic heterocycles. The molecule has 0 radical (unpaired) electrons. The SMILES string of the molecule is COc1cc(O)c(NC=O)c(O)c1. The van der Waals surface area contributed by atoms with Crippen molar-refractivity contribution in [3.8, 4) is 17.2 Å². The standard InChI is InChI=1S/C8H9NO4/c1-13-5-2-6(11)8(9-4-10)7(12)3-5/h2-4,11-12H,1H3,(H,9,10). The first-order valence-electron chi connectivity index (χ1n) is 3.49. The van der Waals surface area contributed by atoms with Gasteiger partial charge in [-0.3, -0.25) is 4.79 Å². The molecule has 0 spiro atoms. The van der Waals surface area contributed by atoms with Gasteiger partial charge in [0.25, 0.3) is 0 Å². The Morgan fingerprint density at radius 1 is 1.38 bits per heavy atom. The summed E-state index contributed by atoms with van der Waals surface area (Å²) in [6.45, 7) is 0. The number of ether oxygens (including phenoxy) is 1. The van der Waals surface area contributed by atoms with Crippen molar-refractivity contribution in [1.82, 2.24) is 0 Å². The van der Waals surface area contributed by atoms with E-state index in [0.717, 1.165) is 0 Å². The van der Waals surface area contributed by atoms with Gasteiger partial charge in [-0.15, -0.1) is 0 Å². The van der Waals surface area contributed by atoms with Crippen molar-refractivity contribution in [2.45, 2.75) is 0 Å². The highest BCUT2D eigenvalue weighted by Gasteiger charge is 2.08. The Balaban J connectivity index is 3.14. The first-order chi connectivity index (χ1) is 6.19. The van der Waals surface area contributed by atoms with Crippen molar-refractivity contribution in [2.24, 2.45) is 0 Å². The van der Waals surface area contributed by atoms with Crippen LogP contribution in [-0.4, -0.2) is 23.7 Å². The van der Waals surface area contributed by atoms with Gasteiger partial charge in [0.1, 0.15) is 22.9 Å². The summed E-state index contributed by atoms with van der Waals surface area (Å²) >= 11 is 0. The van der Waals surface area contributed by atoms with Crippen molar-refractivity contribution in [2.75, 3.05) is 12.4 Å². The van der Waals surface area contributed by atoms with Gasteiger partial charge in [0.05, 0.1) is 7.11 Å². The van der Waals surface area contributed by atoms with Crippen LogP contribution < -0.4 is 10.1 Å². The van der Waals surface area contributed by atoms with Gasteiger partial charge in [0.2, 0.25) is 6.41 Å². The van der Waals surface area contributed by atoms with Gasteiger partial charge in [-0.05, 0) is 0 Å². The Hall–Kier alpha value is -1.91. The third-order valence-corrected chi connectivity index (χ3v) is 1.51. The van der Waals surface area contributed by atoms with Gasteiger partial charge in [0, 0.05) is 12.1 Å². The maximum absolute atomic E-state index is 10.1. The fourth-order valence-electron chi connectivity index (χ4n) is 0.911. The largest absolute Gasteiger partial charge is 0.505 e. The molecule has 1 amide bonds. The Kier molecular flexibility index (Phi) is 2.59. The van der Waals surface area contributed by atoms with E-state index in [0.29, 0.717) is 12.2 Å². The van der Waals surface area contributed by atoms with E-state index in [1.54, 1.807) is 0 Å². The normalized spacial score (nSPS) is 9.31. The molecule has 13 heavy (non-hydrogen) atoms. The first kappa shape index (κ1) is 9.18. The molecule has 0 aliphatic carbocycles. The summed E-state index contributed by atoms with van der Waals surface area (Å²) in [5.41, 5.74) is -0.0317. The molecule has 5 nitrogen and oxygen atoms in total. The predicted octanol–water partition coefficient (Wildman–Crippen LogP) is 0.675. The van der Waals surface area contributed by atoms with Crippen LogP contribution in [0.25, 0.3) is 0 Å². The Bertz CT molecular complexity index is 301. The molecule has 0 aliphatic rings. The molecular weight excluding hydrogens is 174 g/mol. The number of phenols is 2. The molecule has 0 aromatic heterocycles. The average Bonchev–Trinajstić information content (AvgIpc) is 2.11. The number of amides is 1. The summed E-state index contributed by atoms with van der Waals surface area (Å²) < 4.78 is 4.77. The van der Waals surface area contributed by atoms with E-state index in [9.17, 15) is 15.0 Å². The van der Waals surface area contributed by atoms with Crippen LogP contribution >= 0.6 is 0 Å². The summed E-state index contributed by atoms with van der Waals surface area (Å²) in [6, 6.07) is 2.57. The lowest BCUT2D eigenvalue weighted by molar-refractivity contribution is -0.105. The number of phenolic OH excluding ortho intramolecular Hbond substituents is 2. The van der Waals surface area contributed by atoms with E-state index in [-0.39, 0.29) is 17.2 Å². The van der Waals surface area contributed by atoms with Crippen LogP contribution in [-0.2, 0) is 4.79 Å². The number of hydrogen-bond donors (Lipinski definition) is 3. The molecule has 0 atom stereocenters. The zero-order valence-corrected chi connectivity index (χ0v) is 6.94. The molecule has 0 heterocycles. The Morgan fingerprint density at radius 2 is 1.92 bits per heavy atom. The number of carbonyl (C=O) groups is 1. The molecule has 1 rings (SSSR count). The predicted molar refractivity (Wildman–Crippen MR) is 46.0 cm³/mol. The average molecular weight is 183 g/mol. The second-order valence-corrected chi connectivity index (χ2v) is 2.30. The van der Waals surface area contributed by atoms with Crippen molar-refractivity contribution in [3.05, 3.63) is 12.1 Å². The van der Waals surface area contributed by atoms with Crippen molar-refractivity contribution in [1.29, 1.82) is 0 Å². The van der Waals surface area contributed by atoms with Crippen LogP contribution in [0.3, 0.4) is 0 Å². The minimum Gasteiger partial charge on any atom is -0.505 e. The molecule has 0 saturated heterocycles. The van der Waals surface area contributed by atoms with E-state index in [1.165, 1.54) is 19.2 Å². The van der Waals surface area contributed by atoms with Crippen LogP contribution in [0.4, 0.5) is 5.69 Å². The van der Waals surface area contributed by atoms with Gasteiger partial charge in [-0.25, -0.2) is 0 Å². The summed E-state index contributed by atoms with van der Waals surface area (Å²) in [6.07, 6.45) is 0.362. The van der Waals surface area contributed by atoms with Gasteiger partial charge in [-0.1, -0.05) is 0 Å². The minimum atomic E-state index is -0.246. The second-order valence-electron chi connectivity index (χ2n) is 2.30. The summed E-state index contributed by atoms with van der Waals surface area (Å²) in [7, 11) is 1.40. The number of nitrogens with one attached hydrogen (secondary N) is 1. The number of anilines is 1. The first-order valence-corrected chi connectivity index (χ1v) is 3.49. The number of carbonyl (C=O) groups excluding carboxylic acids is 1. The van der Waals surface area contributed by atoms with Crippen LogP contribution in [0, 0.1) is 0 Å². The maximum atomic E-state index is 10.1. The van der Waals surface area contributed by atoms with E-state index in [4.69, 9.17) is 4.74 Å². The maximum Gasteiger partial charge on any atom is 0.211 e. The van der Waals surface area contributed by atoms with Gasteiger partial charge < -0.3 is 20.3 Å². The van der Waals surface area contributed by atoms with Crippen molar-refractivity contribution in [3.63, 3.8) is 0 Å². The Labute approximate surface area is 74.6 Å². The number of rotatable bonds is 3. The molecule has 1 aromatic rings. The monoisotopic (exact) mass is 183 g/mol. The van der Waals surface area contributed by atoms with E-state index < -0.39 is 0 Å². The highest BCUT2D eigenvalue weighted by molar-refractivity contribution is 5.80. The second kappa shape index (κ2) is 3.66. The van der Waals surface area contributed by atoms with Gasteiger partial charge in [-0.2, -0.15) is 0 Å². The molecule has 0 saturated carbocycles. The molecule has 3 N–H and O–H groups in total. The van der Waals surface area contributed by atoms with Crippen LogP contribution in [0.15, 0.2) is 12.1 Å². The highest BCUT2D eigenvalue weighted by atomic mass is 16.5. The quantitative estimate of drug-likeness (QED) is 0.475. The molecule has 0 fully saturated rings. The van der Waals surface area contributed by atoms with E-state index in [1.807, 2.05) is 0 Å². The third-order valence-electron chi connectivity index (χ3n) is 1.51. The zero-order chi connectivity index (χ0) is 9.84. The number of benzene rings is 1. The van der Waals surface area contributed by atoms with Gasteiger partial charge in [0.15, 0.2) is 0 Å². The smallest absolute Gasteiger partial charge is 0.211 e. The molecule has 5 heteroatoms. The summed E-state index contributed by atoms with van der Waals surface area (Å²) in [4.78, 5) is 10.1. The number of aromatic hydroxyl groups is 2. The van der Waals surface area contributed by atoms with Crippen LogP contribution in [0.5, 0.6) is 17.2 Å². The van der Waals surface area contributed by atoms with Gasteiger partial charge >= 0.3 is 0 Å². The molecule has 1 aromatic carbocycles. The molecule has 70 valence electrons. The Morgan fingerprint density at radius 3 is 2.31 bits per heavy atom. The minimum absolute atomic E-state index is 0.0317. The number of hydrogen-bond acceptors (Lipinski definition) is 4. The van der Waals surface area contributed by atoms with E-state index in [2.05, 4.69) is 5.32 Å². The lowest BCUT2D eigenvalue weighted by Crippen LogP contribution is -1.95. The van der Waals surface area contributed by atoms with Crippen LogP contribution in [0.2, 0.25) is 0 Å². The molecular formula is C8H9NO4. The summed E-state index contributed by atoms with van der Waals surface area (Å²) in [5.74, 6) is -0.181. The summed E-state index contributed by atoms with van der Waals surface area (Å²) in [5, 5.41) is 20.7. The van der Waals surface area contributed by atoms with Crippen LogP contribution in [0.1, 0.15) is 0 Å². The fraction of sp³-hybridized carbons (Fsp3) is 0.125. The fourth-order valence-corrected chi connectivity index (χ4v) is 0.911.